The molecule has 156 valence electrons. The average Bonchev–Trinajstić information content (AvgIpc) is 2.72. The van der Waals surface area contributed by atoms with Crippen molar-refractivity contribution in [3.63, 3.8) is 0 Å². The maximum atomic E-state index is 14.1. The summed E-state index contributed by atoms with van der Waals surface area (Å²) in [6, 6.07) is 10.8. The van der Waals surface area contributed by atoms with Crippen molar-refractivity contribution in [2.24, 2.45) is 0 Å². The standard InChI is InChI=1S/C21H26FN3O3S/c1-24(2)20-11-8-17(14-19(20)22)21(26)23-15-16-6-9-18(10-7-16)29(27,28)25-12-4-3-5-13-25/h6-11,14H,3-5,12-13,15H2,1-2H3,(H,23,26). The van der Waals surface area contributed by atoms with Gasteiger partial charge in [0.1, 0.15) is 5.82 Å². The Morgan fingerprint density at radius 3 is 2.31 bits per heavy atom. The Morgan fingerprint density at radius 2 is 1.72 bits per heavy atom. The van der Waals surface area contributed by atoms with E-state index in [9.17, 15) is 17.6 Å². The van der Waals surface area contributed by atoms with Gasteiger partial charge in [0, 0.05) is 39.3 Å². The van der Waals surface area contributed by atoms with Crippen molar-refractivity contribution in [2.45, 2.75) is 30.7 Å². The first kappa shape index (κ1) is 21.3. The second-order valence-electron chi connectivity index (χ2n) is 7.35. The molecule has 1 aliphatic heterocycles. The van der Waals surface area contributed by atoms with Gasteiger partial charge in [0.05, 0.1) is 10.6 Å². The number of sulfonamides is 1. The Morgan fingerprint density at radius 1 is 1.07 bits per heavy atom. The SMILES string of the molecule is CN(C)c1ccc(C(=O)NCc2ccc(S(=O)(=O)N3CCCCC3)cc2)cc1F. The van der Waals surface area contributed by atoms with Gasteiger partial charge < -0.3 is 10.2 Å². The minimum absolute atomic E-state index is 0.222. The van der Waals surface area contributed by atoms with Gasteiger partial charge in [-0.1, -0.05) is 18.6 Å². The Kier molecular flexibility index (Phi) is 6.54. The van der Waals surface area contributed by atoms with E-state index < -0.39 is 15.8 Å². The van der Waals surface area contributed by atoms with Crippen LogP contribution in [0.4, 0.5) is 10.1 Å². The first-order valence-electron chi connectivity index (χ1n) is 9.63. The summed E-state index contributed by atoms with van der Waals surface area (Å²) in [6.45, 7) is 1.34. The summed E-state index contributed by atoms with van der Waals surface area (Å²) < 4.78 is 40.9. The van der Waals surface area contributed by atoms with Crippen molar-refractivity contribution in [1.29, 1.82) is 0 Å². The van der Waals surface area contributed by atoms with E-state index in [-0.39, 0.29) is 22.9 Å². The summed E-state index contributed by atoms with van der Waals surface area (Å²) >= 11 is 0. The van der Waals surface area contributed by atoms with Crippen molar-refractivity contribution in [3.8, 4) is 0 Å². The molecule has 6 nitrogen and oxygen atoms in total. The molecule has 1 amide bonds. The quantitative estimate of drug-likeness (QED) is 0.782. The zero-order valence-corrected chi connectivity index (χ0v) is 17.5. The minimum atomic E-state index is -3.47. The average molecular weight is 420 g/mol. The number of benzene rings is 2. The predicted molar refractivity (Wildman–Crippen MR) is 111 cm³/mol. The molecule has 1 saturated heterocycles. The number of hydrogen-bond acceptors (Lipinski definition) is 4. The summed E-state index contributed by atoms with van der Waals surface area (Å²) in [6.07, 6.45) is 2.84. The summed E-state index contributed by atoms with van der Waals surface area (Å²) in [5, 5.41) is 2.73. The molecule has 2 aromatic rings. The topological polar surface area (TPSA) is 69.7 Å². The molecule has 1 aliphatic rings. The third kappa shape index (κ3) is 4.94. The molecule has 1 heterocycles. The van der Waals surface area contributed by atoms with Crippen LogP contribution in [0.1, 0.15) is 35.2 Å². The Balaban J connectivity index is 1.63. The highest BCUT2D eigenvalue weighted by Crippen LogP contribution is 2.21. The number of carbonyl (C=O) groups is 1. The van der Waals surface area contributed by atoms with Gasteiger partial charge >= 0.3 is 0 Å². The lowest BCUT2D eigenvalue weighted by molar-refractivity contribution is 0.0950. The molecule has 2 aromatic carbocycles. The molecule has 8 heteroatoms. The molecule has 3 rings (SSSR count). The van der Waals surface area contributed by atoms with Gasteiger partial charge in [-0.25, -0.2) is 12.8 Å². The lowest BCUT2D eigenvalue weighted by Crippen LogP contribution is -2.35. The number of hydrogen-bond donors (Lipinski definition) is 1. The van der Waals surface area contributed by atoms with Gasteiger partial charge in [-0.05, 0) is 48.7 Å². The van der Waals surface area contributed by atoms with Crippen molar-refractivity contribution < 1.29 is 17.6 Å². The van der Waals surface area contributed by atoms with E-state index in [1.54, 1.807) is 55.4 Å². The number of piperidine rings is 1. The highest BCUT2D eigenvalue weighted by molar-refractivity contribution is 7.89. The van der Waals surface area contributed by atoms with E-state index in [2.05, 4.69) is 5.32 Å². The van der Waals surface area contributed by atoms with Crippen molar-refractivity contribution >= 4 is 21.6 Å². The number of anilines is 1. The van der Waals surface area contributed by atoms with Gasteiger partial charge in [0.15, 0.2) is 0 Å². The molecular weight excluding hydrogens is 393 g/mol. The molecule has 0 atom stereocenters. The van der Waals surface area contributed by atoms with Gasteiger partial charge in [0.25, 0.3) is 5.91 Å². The number of halogens is 1. The fourth-order valence-corrected chi connectivity index (χ4v) is 4.85. The second-order valence-corrected chi connectivity index (χ2v) is 9.29. The lowest BCUT2D eigenvalue weighted by atomic mass is 10.1. The molecule has 0 saturated carbocycles. The van der Waals surface area contributed by atoms with Crippen LogP contribution in [0.5, 0.6) is 0 Å². The molecule has 0 aliphatic carbocycles. The van der Waals surface area contributed by atoms with Gasteiger partial charge in [-0.15, -0.1) is 0 Å². The number of nitrogens with zero attached hydrogens (tertiary/aromatic N) is 2. The van der Waals surface area contributed by atoms with Crippen LogP contribution >= 0.6 is 0 Å². The van der Waals surface area contributed by atoms with E-state index in [1.807, 2.05) is 0 Å². The zero-order chi connectivity index (χ0) is 21.0. The fourth-order valence-electron chi connectivity index (χ4n) is 3.33. The van der Waals surface area contributed by atoms with E-state index in [0.717, 1.165) is 24.8 Å². The van der Waals surface area contributed by atoms with Crippen LogP contribution in [0.15, 0.2) is 47.4 Å². The molecule has 1 N–H and O–H groups in total. The van der Waals surface area contributed by atoms with Crippen LogP contribution in [-0.4, -0.2) is 45.8 Å². The van der Waals surface area contributed by atoms with Gasteiger partial charge in [0.2, 0.25) is 10.0 Å². The van der Waals surface area contributed by atoms with Crippen LogP contribution in [0.25, 0.3) is 0 Å². The summed E-state index contributed by atoms with van der Waals surface area (Å²) in [5.41, 5.74) is 1.41. The molecular formula is C21H26FN3O3S. The Bertz CT molecular complexity index is 969. The fraction of sp³-hybridized carbons (Fsp3) is 0.381. The highest BCUT2D eigenvalue weighted by Gasteiger charge is 2.25. The summed E-state index contributed by atoms with van der Waals surface area (Å²) in [7, 11) is -0.00972. The van der Waals surface area contributed by atoms with E-state index in [1.165, 1.54) is 10.4 Å². The van der Waals surface area contributed by atoms with Crippen LogP contribution in [-0.2, 0) is 16.6 Å². The molecule has 0 radical (unpaired) electrons. The molecule has 0 spiro atoms. The molecule has 0 aromatic heterocycles. The van der Waals surface area contributed by atoms with Crippen molar-refractivity contribution in [3.05, 3.63) is 59.4 Å². The molecule has 0 unspecified atom stereocenters. The first-order chi connectivity index (χ1) is 13.8. The van der Waals surface area contributed by atoms with Gasteiger partial charge in [-0.3, -0.25) is 4.79 Å². The third-order valence-corrected chi connectivity index (χ3v) is 6.93. The lowest BCUT2D eigenvalue weighted by Gasteiger charge is -2.25. The van der Waals surface area contributed by atoms with Crippen LogP contribution in [0.3, 0.4) is 0 Å². The second kappa shape index (κ2) is 8.92. The van der Waals surface area contributed by atoms with Gasteiger partial charge in [-0.2, -0.15) is 4.31 Å². The van der Waals surface area contributed by atoms with Crippen molar-refractivity contribution in [1.82, 2.24) is 9.62 Å². The van der Waals surface area contributed by atoms with E-state index in [4.69, 9.17) is 0 Å². The Labute approximate surface area is 171 Å². The molecule has 0 bridgehead atoms. The van der Waals surface area contributed by atoms with Crippen LogP contribution in [0.2, 0.25) is 0 Å². The number of carbonyl (C=O) groups excluding carboxylic acids is 1. The van der Waals surface area contributed by atoms with Crippen LogP contribution < -0.4 is 10.2 Å². The number of rotatable bonds is 6. The van der Waals surface area contributed by atoms with Crippen LogP contribution in [0, 0.1) is 5.82 Å². The van der Waals surface area contributed by atoms with E-state index in [0.29, 0.717) is 18.8 Å². The summed E-state index contributed by atoms with van der Waals surface area (Å²) in [4.78, 5) is 14.2. The molecule has 1 fully saturated rings. The maximum absolute atomic E-state index is 14.1. The largest absolute Gasteiger partial charge is 0.375 e. The normalized spacial score (nSPS) is 15.1. The number of amides is 1. The third-order valence-electron chi connectivity index (χ3n) is 5.02. The molecule has 29 heavy (non-hydrogen) atoms. The van der Waals surface area contributed by atoms with E-state index >= 15 is 0 Å². The first-order valence-corrected chi connectivity index (χ1v) is 11.1. The Hall–Kier alpha value is -2.45. The number of nitrogens with one attached hydrogen (secondary N) is 1. The monoisotopic (exact) mass is 419 g/mol. The smallest absolute Gasteiger partial charge is 0.251 e. The summed E-state index contributed by atoms with van der Waals surface area (Å²) in [5.74, 6) is -0.853. The highest BCUT2D eigenvalue weighted by atomic mass is 32.2. The minimum Gasteiger partial charge on any atom is -0.375 e. The predicted octanol–water partition coefficient (Wildman–Crippen LogP) is 3.00. The van der Waals surface area contributed by atoms with Crippen molar-refractivity contribution in [2.75, 3.05) is 32.1 Å². The zero-order valence-electron chi connectivity index (χ0n) is 16.7. The maximum Gasteiger partial charge on any atom is 0.251 e.